The van der Waals surface area contributed by atoms with Gasteiger partial charge in [0.05, 0.1) is 0 Å². The summed E-state index contributed by atoms with van der Waals surface area (Å²) in [7, 11) is 0. The molecule has 0 heterocycles. The second-order valence-corrected chi connectivity index (χ2v) is 6.43. The fourth-order valence-corrected chi connectivity index (χ4v) is 2.79. The Hall–Kier alpha value is -0.300. The molecule has 0 spiro atoms. The predicted octanol–water partition coefficient (Wildman–Crippen LogP) is 6.76. The van der Waals surface area contributed by atoms with Gasteiger partial charge in [-0.2, -0.15) is 0 Å². The lowest BCUT2D eigenvalue weighted by Gasteiger charge is -2.02. The fourth-order valence-electron chi connectivity index (χ4n) is 2.79. The van der Waals surface area contributed by atoms with Gasteiger partial charge in [-0.15, -0.1) is 0 Å². The van der Waals surface area contributed by atoms with Crippen molar-refractivity contribution in [2.24, 2.45) is 5.73 Å². The Balaban J connectivity index is 2.96. The SMILES string of the molecule is CCCCCCCCCCCCCCCCC=CCCN. The Morgan fingerprint density at radius 3 is 1.33 bits per heavy atom. The molecule has 126 valence electrons. The Labute approximate surface area is 134 Å². The molecule has 1 heteroatoms. The van der Waals surface area contributed by atoms with Crippen molar-refractivity contribution in [3.05, 3.63) is 12.2 Å². The van der Waals surface area contributed by atoms with Gasteiger partial charge in [0, 0.05) is 0 Å². The lowest BCUT2D eigenvalue weighted by atomic mass is 10.0. The standard InChI is InChI=1S/C20H41N/c1-2-3-4-5-6-7-8-9-10-11-12-13-14-15-16-17-18-19-20-21/h17-18H,2-16,19-21H2,1H3. The van der Waals surface area contributed by atoms with Crippen LogP contribution in [-0.2, 0) is 0 Å². The first-order valence-electron chi connectivity index (χ1n) is 9.77. The maximum absolute atomic E-state index is 5.44. The third kappa shape index (κ3) is 19.7. The first kappa shape index (κ1) is 20.7. The molecule has 0 atom stereocenters. The molecule has 21 heavy (non-hydrogen) atoms. The molecule has 2 N–H and O–H groups in total. The van der Waals surface area contributed by atoms with Crippen molar-refractivity contribution in [3.8, 4) is 0 Å². The van der Waals surface area contributed by atoms with Crippen LogP contribution in [0.5, 0.6) is 0 Å². The first-order valence-corrected chi connectivity index (χ1v) is 9.77. The Kier molecular flexibility index (Phi) is 19.4. The number of nitrogens with two attached hydrogens (primary N) is 1. The maximum Gasteiger partial charge on any atom is -0.00426 e. The van der Waals surface area contributed by atoms with E-state index >= 15 is 0 Å². The second kappa shape index (κ2) is 19.7. The summed E-state index contributed by atoms with van der Waals surface area (Å²) in [6, 6.07) is 0. The predicted molar refractivity (Wildman–Crippen MR) is 97.7 cm³/mol. The topological polar surface area (TPSA) is 26.0 Å². The highest BCUT2D eigenvalue weighted by Crippen LogP contribution is 2.13. The summed E-state index contributed by atoms with van der Waals surface area (Å²) >= 11 is 0. The lowest BCUT2D eigenvalue weighted by Crippen LogP contribution is -1.94. The van der Waals surface area contributed by atoms with Crippen molar-refractivity contribution in [2.45, 2.75) is 110 Å². The molecule has 0 saturated heterocycles. The number of rotatable bonds is 17. The maximum atomic E-state index is 5.44. The summed E-state index contributed by atoms with van der Waals surface area (Å²) in [5.41, 5.74) is 5.44. The van der Waals surface area contributed by atoms with Gasteiger partial charge >= 0.3 is 0 Å². The minimum absolute atomic E-state index is 0.787. The summed E-state index contributed by atoms with van der Waals surface area (Å²) in [4.78, 5) is 0. The van der Waals surface area contributed by atoms with E-state index in [-0.39, 0.29) is 0 Å². The Morgan fingerprint density at radius 2 is 0.905 bits per heavy atom. The quantitative estimate of drug-likeness (QED) is 0.233. The summed E-state index contributed by atoms with van der Waals surface area (Å²) in [5.74, 6) is 0. The normalized spacial score (nSPS) is 11.5. The molecule has 0 fully saturated rings. The minimum atomic E-state index is 0.787. The molecule has 0 bridgehead atoms. The highest BCUT2D eigenvalue weighted by molar-refractivity contribution is 4.81. The van der Waals surface area contributed by atoms with E-state index in [4.69, 9.17) is 5.73 Å². The highest BCUT2D eigenvalue weighted by atomic mass is 14.5. The van der Waals surface area contributed by atoms with Gasteiger partial charge in [0.2, 0.25) is 0 Å². The molecular weight excluding hydrogens is 254 g/mol. The molecular formula is C20H41N. The van der Waals surface area contributed by atoms with Gasteiger partial charge in [0.1, 0.15) is 0 Å². The van der Waals surface area contributed by atoms with E-state index in [9.17, 15) is 0 Å². The second-order valence-electron chi connectivity index (χ2n) is 6.43. The highest BCUT2D eigenvalue weighted by Gasteiger charge is 1.93. The van der Waals surface area contributed by atoms with E-state index < -0.39 is 0 Å². The summed E-state index contributed by atoms with van der Waals surface area (Å²) in [6.45, 7) is 3.08. The number of hydrogen-bond acceptors (Lipinski definition) is 1. The molecule has 0 aromatic heterocycles. The average Bonchev–Trinajstić information content (AvgIpc) is 2.50. The van der Waals surface area contributed by atoms with Crippen molar-refractivity contribution < 1.29 is 0 Å². The zero-order valence-corrected chi connectivity index (χ0v) is 14.8. The molecule has 0 aliphatic heterocycles. The summed E-state index contributed by atoms with van der Waals surface area (Å²) in [5, 5.41) is 0. The molecule has 0 rings (SSSR count). The molecule has 1 nitrogen and oxygen atoms in total. The van der Waals surface area contributed by atoms with Crippen molar-refractivity contribution in [1.29, 1.82) is 0 Å². The minimum Gasteiger partial charge on any atom is -0.330 e. The van der Waals surface area contributed by atoms with Crippen molar-refractivity contribution in [2.75, 3.05) is 6.54 Å². The Morgan fingerprint density at radius 1 is 0.524 bits per heavy atom. The number of unbranched alkanes of at least 4 members (excludes halogenated alkanes) is 14. The van der Waals surface area contributed by atoms with E-state index in [1.165, 1.54) is 96.3 Å². The van der Waals surface area contributed by atoms with Crippen LogP contribution >= 0.6 is 0 Å². The molecule has 0 unspecified atom stereocenters. The van der Waals surface area contributed by atoms with Gasteiger partial charge in [0.25, 0.3) is 0 Å². The van der Waals surface area contributed by atoms with Crippen LogP contribution < -0.4 is 5.73 Å². The van der Waals surface area contributed by atoms with Crippen molar-refractivity contribution in [1.82, 2.24) is 0 Å². The monoisotopic (exact) mass is 295 g/mol. The van der Waals surface area contributed by atoms with Crippen molar-refractivity contribution in [3.63, 3.8) is 0 Å². The zero-order valence-electron chi connectivity index (χ0n) is 14.8. The van der Waals surface area contributed by atoms with E-state index in [1.54, 1.807) is 0 Å². The fraction of sp³-hybridized carbons (Fsp3) is 0.900. The van der Waals surface area contributed by atoms with Gasteiger partial charge in [-0.1, -0.05) is 103 Å². The van der Waals surface area contributed by atoms with E-state index in [1.807, 2.05) is 0 Å². The van der Waals surface area contributed by atoms with E-state index in [0.717, 1.165) is 13.0 Å². The molecule has 0 aliphatic carbocycles. The molecule has 0 amide bonds. The smallest absolute Gasteiger partial charge is 0.00426 e. The number of hydrogen-bond donors (Lipinski definition) is 1. The van der Waals surface area contributed by atoms with Crippen LogP contribution in [0.3, 0.4) is 0 Å². The van der Waals surface area contributed by atoms with Crippen LogP contribution in [-0.4, -0.2) is 6.54 Å². The van der Waals surface area contributed by atoms with Gasteiger partial charge < -0.3 is 5.73 Å². The Bertz CT molecular complexity index is 198. The van der Waals surface area contributed by atoms with E-state index in [2.05, 4.69) is 19.1 Å². The molecule has 0 aliphatic rings. The van der Waals surface area contributed by atoms with Crippen LogP contribution in [0, 0.1) is 0 Å². The largest absolute Gasteiger partial charge is 0.330 e. The average molecular weight is 296 g/mol. The van der Waals surface area contributed by atoms with Crippen LogP contribution in [0.25, 0.3) is 0 Å². The molecule has 0 saturated carbocycles. The van der Waals surface area contributed by atoms with Gasteiger partial charge in [-0.25, -0.2) is 0 Å². The van der Waals surface area contributed by atoms with Gasteiger partial charge in [-0.05, 0) is 25.8 Å². The van der Waals surface area contributed by atoms with Crippen LogP contribution in [0.4, 0.5) is 0 Å². The van der Waals surface area contributed by atoms with Crippen molar-refractivity contribution >= 4 is 0 Å². The molecule has 0 aromatic carbocycles. The third-order valence-electron chi connectivity index (χ3n) is 4.22. The van der Waals surface area contributed by atoms with Gasteiger partial charge in [-0.3, -0.25) is 0 Å². The van der Waals surface area contributed by atoms with Crippen LogP contribution in [0.1, 0.15) is 110 Å². The first-order chi connectivity index (χ1) is 10.4. The van der Waals surface area contributed by atoms with Crippen LogP contribution in [0.15, 0.2) is 12.2 Å². The summed E-state index contributed by atoms with van der Waals surface area (Å²) < 4.78 is 0. The van der Waals surface area contributed by atoms with E-state index in [0.29, 0.717) is 0 Å². The lowest BCUT2D eigenvalue weighted by molar-refractivity contribution is 0.536. The van der Waals surface area contributed by atoms with Gasteiger partial charge in [0.15, 0.2) is 0 Å². The van der Waals surface area contributed by atoms with Crippen LogP contribution in [0.2, 0.25) is 0 Å². The molecule has 0 radical (unpaired) electrons. The molecule has 0 aromatic rings. The summed E-state index contributed by atoms with van der Waals surface area (Å²) in [6.07, 6.45) is 27.0. The number of allylic oxidation sites excluding steroid dienone is 1. The zero-order chi connectivity index (χ0) is 15.4. The third-order valence-corrected chi connectivity index (χ3v) is 4.22.